The van der Waals surface area contributed by atoms with Gasteiger partial charge in [0.25, 0.3) is 0 Å². The summed E-state index contributed by atoms with van der Waals surface area (Å²) < 4.78 is 10.8. The molecule has 144 valence electrons. The number of carbonyl (C=O) groups excluding carboxylic acids is 2. The number of nitrogens with one attached hydrogen (secondary N) is 1. The number of ether oxygens (including phenoxy) is 2. The lowest BCUT2D eigenvalue weighted by molar-refractivity contribution is -0.139. The number of allylic oxidation sites excluding steroid dienone is 1. The van der Waals surface area contributed by atoms with Gasteiger partial charge in [0.15, 0.2) is 11.3 Å². The van der Waals surface area contributed by atoms with Crippen LogP contribution in [0.25, 0.3) is 17.0 Å². The Morgan fingerprint density at radius 3 is 2.69 bits per heavy atom. The molecule has 1 aliphatic heterocycles. The van der Waals surface area contributed by atoms with Crippen molar-refractivity contribution < 1.29 is 19.1 Å². The summed E-state index contributed by atoms with van der Waals surface area (Å²) in [6.45, 7) is 1.84. The second-order valence-corrected chi connectivity index (χ2v) is 6.28. The molecule has 0 saturated carbocycles. The predicted molar refractivity (Wildman–Crippen MR) is 110 cm³/mol. The van der Waals surface area contributed by atoms with Crippen molar-refractivity contribution in [3.05, 3.63) is 89.6 Å². The van der Waals surface area contributed by atoms with Crippen molar-refractivity contribution in [3.63, 3.8) is 0 Å². The fraction of sp³-hybridized carbons (Fsp3) is 0.0870. The predicted octanol–water partition coefficient (Wildman–Crippen LogP) is 4.06. The minimum atomic E-state index is -0.727. The molecule has 0 aliphatic carbocycles. The van der Waals surface area contributed by atoms with Crippen molar-refractivity contribution in [1.29, 1.82) is 0 Å². The van der Waals surface area contributed by atoms with E-state index in [1.165, 1.54) is 0 Å². The van der Waals surface area contributed by atoms with Crippen LogP contribution in [-0.2, 0) is 19.1 Å². The zero-order chi connectivity index (χ0) is 20.2. The number of rotatable bonds is 5. The summed E-state index contributed by atoms with van der Waals surface area (Å²) in [7, 11) is 0. The molecular weight excluding hydrogens is 368 g/mol. The maximum atomic E-state index is 13.0. The van der Waals surface area contributed by atoms with E-state index in [0.29, 0.717) is 5.69 Å². The van der Waals surface area contributed by atoms with Gasteiger partial charge in [-0.3, -0.25) is 9.78 Å². The van der Waals surface area contributed by atoms with Gasteiger partial charge in [-0.25, -0.2) is 4.79 Å². The molecule has 1 aromatic heterocycles. The van der Waals surface area contributed by atoms with Crippen molar-refractivity contribution >= 4 is 34.4 Å². The third kappa shape index (κ3) is 3.73. The summed E-state index contributed by atoms with van der Waals surface area (Å²) in [5.41, 5.74) is 1.98. The minimum Gasteiger partial charge on any atom is -0.462 e. The van der Waals surface area contributed by atoms with Gasteiger partial charge >= 0.3 is 5.97 Å². The molecule has 0 amide bonds. The summed E-state index contributed by atoms with van der Waals surface area (Å²) in [5, 5.41) is 3.93. The Kier molecular flexibility index (Phi) is 5.07. The van der Waals surface area contributed by atoms with Gasteiger partial charge in [0.2, 0.25) is 11.7 Å². The number of para-hydroxylation sites is 2. The zero-order valence-electron chi connectivity index (χ0n) is 15.7. The lowest BCUT2D eigenvalue weighted by Gasteiger charge is -2.08. The Hall–Kier alpha value is -3.93. The number of Topliss-reactive ketones (excluding diaryl/α,β-unsaturated/α-hetero) is 1. The van der Waals surface area contributed by atoms with Gasteiger partial charge in [-0.05, 0) is 31.2 Å². The molecule has 0 spiro atoms. The number of esters is 1. The number of fused-ring (bicyclic) bond motifs is 1. The quantitative estimate of drug-likeness (QED) is 0.405. The minimum absolute atomic E-state index is 0.0321. The first-order valence-electron chi connectivity index (χ1n) is 9.19. The van der Waals surface area contributed by atoms with Crippen LogP contribution in [0, 0.1) is 0 Å². The van der Waals surface area contributed by atoms with Crippen LogP contribution in [0.3, 0.4) is 0 Å². The van der Waals surface area contributed by atoms with Crippen molar-refractivity contribution in [2.75, 3.05) is 11.9 Å². The average molecular weight is 386 g/mol. The summed E-state index contributed by atoms with van der Waals surface area (Å²) in [5.74, 6) is -1.17. The summed E-state index contributed by atoms with van der Waals surface area (Å²) in [6, 6.07) is 18.6. The van der Waals surface area contributed by atoms with E-state index in [-0.39, 0.29) is 23.8 Å². The van der Waals surface area contributed by atoms with Crippen molar-refractivity contribution in [2.45, 2.75) is 6.92 Å². The molecule has 4 rings (SSSR count). The molecule has 3 aromatic rings. The number of carbonyl (C=O) groups is 2. The van der Waals surface area contributed by atoms with Crippen molar-refractivity contribution in [1.82, 2.24) is 4.98 Å². The van der Waals surface area contributed by atoms with E-state index < -0.39 is 11.8 Å². The first-order chi connectivity index (χ1) is 14.2. The Morgan fingerprint density at radius 2 is 1.90 bits per heavy atom. The van der Waals surface area contributed by atoms with Gasteiger partial charge in [0.05, 0.1) is 12.1 Å². The number of nitrogens with zero attached hydrogens (tertiary/aromatic N) is 1. The molecule has 0 saturated heterocycles. The van der Waals surface area contributed by atoms with Gasteiger partial charge in [-0.1, -0.05) is 42.5 Å². The zero-order valence-corrected chi connectivity index (χ0v) is 15.7. The number of hydrogen-bond donors (Lipinski definition) is 1. The van der Waals surface area contributed by atoms with Crippen LogP contribution in [0.4, 0.5) is 5.69 Å². The van der Waals surface area contributed by atoms with Crippen LogP contribution < -0.4 is 5.32 Å². The molecule has 0 unspecified atom stereocenters. The van der Waals surface area contributed by atoms with E-state index in [1.54, 1.807) is 31.3 Å². The van der Waals surface area contributed by atoms with E-state index in [0.717, 1.165) is 16.5 Å². The Balaban J connectivity index is 1.73. The number of aromatic nitrogens is 1. The molecule has 6 heteroatoms. The fourth-order valence-electron chi connectivity index (χ4n) is 3.04. The molecule has 0 atom stereocenters. The molecule has 6 nitrogen and oxygen atoms in total. The van der Waals surface area contributed by atoms with Gasteiger partial charge in [0.1, 0.15) is 0 Å². The Labute approximate surface area is 167 Å². The molecule has 2 aromatic carbocycles. The first-order valence-corrected chi connectivity index (χ1v) is 9.19. The maximum absolute atomic E-state index is 13.0. The molecule has 0 radical (unpaired) electrons. The molecule has 1 aliphatic rings. The van der Waals surface area contributed by atoms with Crippen LogP contribution in [0.15, 0.2) is 84.1 Å². The third-order valence-corrected chi connectivity index (χ3v) is 4.35. The van der Waals surface area contributed by atoms with Crippen LogP contribution in [0.1, 0.15) is 12.5 Å². The Morgan fingerprint density at radius 1 is 1.10 bits per heavy atom. The smallest absolute Gasteiger partial charge is 0.347 e. The molecular formula is C23H18N2O4. The van der Waals surface area contributed by atoms with E-state index in [4.69, 9.17) is 9.47 Å². The average Bonchev–Trinajstić information content (AvgIpc) is 3.04. The van der Waals surface area contributed by atoms with Crippen LogP contribution in [-0.4, -0.2) is 23.3 Å². The Bertz CT molecular complexity index is 1140. The van der Waals surface area contributed by atoms with Crippen molar-refractivity contribution in [3.8, 4) is 0 Å². The van der Waals surface area contributed by atoms with Gasteiger partial charge in [-0.2, -0.15) is 0 Å². The molecule has 0 fully saturated rings. The molecule has 0 bridgehead atoms. The van der Waals surface area contributed by atoms with Crippen LogP contribution >= 0.6 is 0 Å². The first kappa shape index (κ1) is 18.4. The third-order valence-electron chi connectivity index (χ3n) is 4.35. The number of ketones is 1. The number of anilines is 1. The largest absolute Gasteiger partial charge is 0.462 e. The van der Waals surface area contributed by atoms with Gasteiger partial charge in [-0.15, -0.1) is 0 Å². The molecule has 1 N–H and O–H groups in total. The lowest BCUT2D eigenvalue weighted by Crippen LogP contribution is -2.16. The summed E-state index contributed by atoms with van der Waals surface area (Å²) in [4.78, 5) is 29.7. The highest BCUT2D eigenvalue weighted by atomic mass is 16.5. The highest BCUT2D eigenvalue weighted by Gasteiger charge is 2.37. The topological polar surface area (TPSA) is 77.5 Å². The lowest BCUT2D eigenvalue weighted by atomic mass is 10.1. The van der Waals surface area contributed by atoms with Gasteiger partial charge < -0.3 is 14.8 Å². The monoisotopic (exact) mass is 386 g/mol. The van der Waals surface area contributed by atoms with E-state index in [9.17, 15) is 9.59 Å². The second kappa shape index (κ2) is 7.98. The molecule has 29 heavy (non-hydrogen) atoms. The maximum Gasteiger partial charge on any atom is 0.347 e. The van der Waals surface area contributed by atoms with E-state index in [2.05, 4.69) is 10.3 Å². The highest BCUT2D eigenvalue weighted by Crippen LogP contribution is 2.30. The van der Waals surface area contributed by atoms with E-state index >= 15 is 0 Å². The summed E-state index contributed by atoms with van der Waals surface area (Å²) >= 11 is 0. The van der Waals surface area contributed by atoms with Gasteiger partial charge in [0, 0.05) is 22.8 Å². The SMILES string of the molecule is CCOC(=O)C1=C(Nc2ccccc2)O/C(=C\c2cccc3cccnc23)C1=O. The highest BCUT2D eigenvalue weighted by molar-refractivity contribution is 6.26. The number of benzene rings is 2. The second-order valence-electron chi connectivity index (χ2n) is 6.28. The van der Waals surface area contributed by atoms with Crippen LogP contribution in [0.5, 0.6) is 0 Å². The number of hydrogen-bond acceptors (Lipinski definition) is 6. The number of pyridine rings is 1. The standard InChI is InChI=1S/C23H18N2O4/c1-2-28-23(27)19-21(26)18(29-22(19)25-17-11-4-3-5-12-17)14-16-9-6-8-15-10-7-13-24-20(15)16/h3-14,25H,2H2,1H3/b18-14-. The summed E-state index contributed by atoms with van der Waals surface area (Å²) in [6.07, 6.45) is 3.28. The van der Waals surface area contributed by atoms with Crippen molar-refractivity contribution in [2.24, 2.45) is 0 Å². The van der Waals surface area contributed by atoms with E-state index in [1.807, 2.05) is 48.5 Å². The van der Waals surface area contributed by atoms with Crippen LogP contribution in [0.2, 0.25) is 0 Å². The fourth-order valence-corrected chi connectivity index (χ4v) is 3.04. The molecule has 2 heterocycles. The normalized spacial score (nSPS) is 14.9.